The normalized spacial score (nSPS) is 11.2. The molecule has 1 atom stereocenters. The highest BCUT2D eigenvalue weighted by molar-refractivity contribution is 7.98. The van der Waals surface area contributed by atoms with Gasteiger partial charge in [-0.3, -0.25) is 4.79 Å². The van der Waals surface area contributed by atoms with Gasteiger partial charge in [-0.25, -0.2) is 4.79 Å². The van der Waals surface area contributed by atoms with Crippen molar-refractivity contribution in [3.05, 3.63) is 0 Å². The molecule has 2 radical (unpaired) electrons. The van der Waals surface area contributed by atoms with Gasteiger partial charge in [0.05, 0.1) is 0 Å². The highest BCUT2D eigenvalue weighted by Gasteiger charge is 2.16. The van der Waals surface area contributed by atoms with Gasteiger partial charge in [0.15, 0.2) is 0 Å². The average molecular weight is 216 g/mol. The lowest BCUT2D eigenvalue weighted by molar-refractivity contribution is -0.141. The van der Waals surface area contributed by atoms with Crippen molar-refractivity contribution in [1.29, 1.82) is 0 Å². The predicted octanol–water partition coefficient (Wildman–Crippen LogP) is -0.0520. The van der Waals surface area contributed by atoms with Crippen LogP contribution in [0.15, 0.2) is 0 Å². The Hall–Kier alpha value is 0.0562. The third kappa shape index (κ3) is 8.39. The minimum Gasteiger partial charge on any atom is -0.480 e. The molecular formula is C7H13MgNO3S. The van der Waals surface area contributed by atoms with Gasteiger partial charge in [-0.2, -0.15) is 11.8 Å². The molecule has 72 valence electrons. The van der Waals surface area contributed by atoms with Crippen LogP contribution in [0.4, 0.5) is 0 Å². The highest BCUT2D eigenvalue weighted by atomic mass is 32.2. The molecule has 1 amide bonds. The van der Waals surface area contributed by atoms with Gasteiger partial charge >= 0.3 is 5.97 Å². The summed E-state index contributed by atoms with van der Waals surface area (Å²) in [4.78, 5) is 21.1. The van der Waals surface area contributed by atoms with Gasteiger partial charge in [-0.05, 0) is 18.4 Å². The summed E-state index contributed by atoms with van der Waals surface area (Å²) in [5, 5.41) is 11.0. The van der Waals surface area contributed by atoms with Crippen LogP contribution in [0.25, 0.3) is 0 Å². The molecule has 13 heavy (non-hydrogen) atoms. The summed E-state index contributed by atoms with van der Waals surface area (Å²) in [6, 6.07) is -0.741. The van der Waals surface area contributed by atoms with Crippen molar-refractivity contribution in [2.45, 2.75) is 19.4 Å². The molecule has 6 heteroatoms. The minimum absolute atomic E-state index is 0. The first-order valence-electron chi connectivity index (χ1n) is 3.56. The first-order chi connectivity index (χ1) is 5.57. The number of carbonyl (C=O) groups excluding carboxylic acids is 1. The van der Waals surface area contributed by atoms with Gasteiger partial charge < -0.3 is 10.4 Å². The molecule has 2 N–H and O–H groups in total. The van der Waals surface area contributed by atoms with Gasteiger partial charge in [0.1, 0.15) is 6.04 Å². The molecule has 0 saturated heterocycles. The Morgan fingerprint density at radius 1 is 1.54 bits per heavy atom. The Morgan fingerprint density at radius 2 is 2.08 bits per heavy atom. The molecule has 0 aromatic heterocycles. The number of aliphatic carboxylic acids is 1. The number of amides is 1. The van der Waals surface area contributed by atoms with E-state index in [1.54, 1.807) is 11.8 Å². The Morgan fingerprint density at radius 3 is 2.38 bits per heavy atom. The van der Waals surface area contributed by atoms with Crippen molar-refractivity contribution in [1.82, 2.24) is 5.32 Å². The number of nitrogens with one attached hydrogen (secondary N) is 1. The second-order valence-corrected chi connectivity index (χ2v) is 3.36. The van der Waals surface area contributed by atoms with Gasteiger partial charge in [0.2, 0.25) is 5.91 Å². The molecule has 0 saturated carbocycles. The maximum Gasteiger partial charge on any atom is 0.326 e. The number of rotatable bonds is 5. The number of thioether (sulfide) groups is 1. The zero-order chi connectivity index (χ0) is 9.56. The molecule has 0 aliphatic rings. The summed E-state index contributed by atoms with van der Waals surface area (Å²) in [6.07, 6.45) is 2.36. The van der Waals surface area contributed by atoms with Crippen LogP contribution in [0.1, 0.15) is 13.3 Å². The molecule has 4 nitrogen and oxygen atoms in total. The molecule has 0 aliphatic carbocycles. The van der Waals surface area contributed by atoms with Crippen LogP contribution in [0.2, 0.25) is 0 Å². The number of carboxylic acids is 1. The average Bonchev–Trinajstić information content (AvgIpc) is 1.96. The number of carboxylic acid groups (broad SMARTS) is 1. The largest absolute Gasteiger partial charge is 0.480 e. The zero-order valence-corrected chi connectivity index (χ0v) is 10.1. The monoisotopic (exact) mass is 215 g/mol. The Labute approximate surface area is 98.0 Å². The van der Waals surface area contributed by atoms with E-state index in [4.69, 9.17) is 5.11 Å². The van der Waals surface area contributed by atoms with Crippen molar-refractivity contribution >= 4 is 46.7 Å². The van der Waals surface area contributed by atoms with Gasteiger partial charge in [-0.15, -0.1) is 0 Å². The second kappa shape index (κ2) is 8.65. The topological polar surface area (TPSA) is 66.4 Å². The first kappa shape index (κ1) is 15.5. The molecule has 0 aromatic carbocycles. The van der Waals surface area contributed by atoms with Crippen LogP contribution >= 0.6 is 11.8 Å². The SMILES string of the molecule is CSCCC(NC(C)=O)C(=O)O.[Mg]. The number of hydrogen-bond donors (Lipinski definition) is 2. The van der Waals surface area contributed by atoms with Gasteiger partial charge in [0, 0.05) is 30.0 Å². The third-order valence-electron chi connectivity index (χ3n) is 1.29. The molecule has 0 aromatic rings. The molecular weight excluding hydrogens is 202 g/mol. The minimum atomic E-state index is -0.973. The Kier molecular flexibility index (Phi) is 10.3. The van der Waals surface area contributed by atoms with E-state index < -0.39 is 12.0 Å². The lowest BCUT2D eigenvalue weighted by atomic mass is 10.2. The smallest absolute Gasteiger partial charge is 0.326 e. The van der Waals surface area contributed by atoms with Crippen molar-refractivity contribution in [3.8, 4) is 0 Å². The summed E-state index contributed by atoms with van der Waals surface area (Å²) in [5.74, 6) is -0.542. The highest BCUT2D eigenvalue weighted by Crippen LogP contribution is 2.00. The summed E-state index contributed by atoms with van der Waals surface area (Å²) < 4.78 is 0. The second-order valence-electron chi connectivity index (χ2n) is 2.37. The maximum atomic E-state index is 10.5. The van der Waals surface area contributed by atoms with Crippen molar-refractivity contribution < 1.29 is 14.7 Å². The number of carbonyl (C=O) groups is 2. The standard InChI is InChI=1S/C7H13NO3S.Mg/c1-5(9)8-6(7(10)11)3-4-12-2;/h6H,3-4H2,1-2H3,(H,8,9)(H,10,11);. The van der Waals surface area contributed by atoms with E-state index in [1.807, 2.05) is 6.26 Å². The molecule has 0 aliphatic heterocycles. The van der Waals surface area contributed by atoms with Crippen LogP contribution in [0.5, 0.6) is 0 Å². The van der Waals surface area contributed by atoms with E-state index in [2.05, 4.69) is 5.32 Å². The number of hydrogen-bond acceptors (Lipinski definition) is 3. The van der Waals surface area contributed by atoms with Gasteiger partial charge in [-0.1, -0.05) is 0 Å². The quantitative estimate of drug-likeness (QED) is 0.631. The zero-order valence-electron chi connectivity index (χ0n) is 7.87. The third-order valence-corrected chi connectivity index (χ3v) is 1.93. The van der Waals surface area contributed by atoms with Crippen LogP contribution in [-0.2, 0) is 9.59 Å². The van der Waals surface area contributed by atoms with Crippen molar-refractivity contribution in [2.75, 3.05) is 12.0 Å². The Bertz CT molecular complexity index is 177. The van der Waals surface area contributed by atoms with E-state index in [-0.39, 0.29) is 29.0 Å². The fourth-order valence-corrected chi connectivity index (χ4v) is 1.21. The van der Waals surface area contributed by atoms with E-state index in [1.165, 1.54) is 6.92 Å². The van der Waals surface area contributed by atoms with Crippen LogP contribution in [0, 0.1) is 0 Å². The summed E-state index contributed by atoms with van der Waals surface area (Å²) >= 11 is 1.56. The molecule has 1 unspecified atom stereocenters. The molecule has 0 heterocycles. The fraction of sp³-hybridized carbons (Fsp3) is 0.714. The van der Waals surface area contributed by atoms with E-state index in [0.717, 1.165) is 5.75 Å². The summed E-state index contributed by atoms with van der Waals surface area (Å²) in [7, 11) is 0. The van der Waals surface area contributed by atoms with Crippen LogP contribution in [0.3, 0.4) is 0 Å². The Balaban J connectivity index is 0. The molecule has 0 rings (SSSR count). The molecule has 0 fully saturated rings. The predicted molar refractivity (Wildman–Crippen MR) is 54.0 cm³/mol. The molecule has 0 bridgehead atoms. The lowest BCUT2D eigenvalue weighted by Crippen LogP contribution is -2.39. The fourth-order valence-electron chi connectivity index (χ4n) is 0.738. The van der Waals surface area contributed by atoms with Crippen LogP contribution in [-0.4, -0.2) is 58.1 Å². The van der Waals surface area contributed by atoms with Gasteiger partial charge in [0.25, 0.3) is 0 Å². The van der Waals surface area contributed by atoms with E-state index in [9.17, 15) is 9.59 Å². The molecule has 0 spiro atoms. The van der Waals surface area contributed by atoms with Crippen LogP contribution < -0.4 is 5.32 Å². The van der Waals surface area contributed by atoms with Crippen molar-refractivity contribution in [2.24, 2.45) is 0 Å². The summed E-state index contributed by atoms with van der Waals surface area (Å²) in [6.45, 7) is 1.31. The maximum absolute atomic E-state index is 10.5. The first-order valence-corrected chi connectivity index (χ1v) is 4.96. The summed E-state index contributed by atoms with van der Waals surface area (Å²) in [5.41, 5.74) is 0. The van der Waals surface area contributed by atoms with E-state index >= 15 is 0 Å². The van der Waals surface area contributed by atoms with Crippen molar-refractivity contribution in [3.63, 3.8) is 0 Å². The lowest BCUT2D eigenvalue weighted by Gasteiger charge is -2.11. The van der Waals surface area contributed by atoms with E-state index in [0.29, 0.717) is 6.42 Å².